The largest absolute Gasteiger partial charge is 0.457 e. The van der Waals surface area contributed by atoms with Crippen LogP contribution in [-0.4, -0.2) is 33.9 Å². The van der Waals surface area contributed by atoms with E-state index in [2.05, 4.69) is 27.1 Å². The molecule has 1 aliphatic heterocycles. The molecule has 6 nitrogen and oxygen atoms in total. The Morgan fingerprint density at radius 1 is 1.08 bits per heavy atom. The Morgan fingerprint density at radius 2 is 1.94 bits per heavy atom. The highest BCUT2D eigenvalue weighted by Crippen LogP contribution is 2.30. The number of anilines is 2. The quantitative estimate of drug-likeness (QED) is 0.361. The van der Waals surface area contributed by atoms with Gasteiger partial charge in [0.15, 0.2) is 0 Å². The number of hydrogen-bond donors (Lipinski definition) is 1. The van der Waals surface area contributed by atoms with Crippen LogP contribution in [0.25, 0.3) is 10.9 Å². The fourth-order valence-electron chi connectivity index (χ4n) is 4.39. The van der Waals surface area contributed by atoms with Gasteiger partial charge in [-0.25, -0.2) is 9.97 Å². The first-order valence-corrected chi connectivity index (χ1v) is 12.2. The molecular formula is C30H28N4O2. The molecule has 0 spiro atoms. The fourth-order valence-corrected chi connectivity index (χ4v) is 4.39. The summed E-state index contributed by atoms with van der Waals surface area (Å²) in [7, 11) is 0. The van der Waals surface area contributed by atoms with Crippen LogP contribution in [0, 0.1) is 24.7 Å². The molecular weight excluding hydrogens is 448 g/mol. The Balaban J connectivity index is 1.36. The molecule has 180 valence electrons. The van der Waals surface area contributed by atoms with Crippen LogP contribution in [0.4, 0.5) is 11.5 Å². The van der Waals surface area contributed by atoms with E-state index in [0.29, 0.717) is 6.54 Å². The summed E-state index contributed by atoms with van der Waals surface area (Å²) in [6, 6.07) is 21.7. The van der Waals surface area contributed by atoms with Crippen LogP contribution in [0.1, 0.15) is 30.9 Å². The lowest BCUT2D eigenvalue weighted by molar-refractivity contribution is -0.130. The van der Waals surface area contributed by atoms with E-state index in [4.69, 9.17) is 4.74 Å². The molecule has 0 saturated carbocycles. The van der Waals surface area contributed by atoms with Crippen LogP contribution in [-0.2, 0) is 4.79 Å². The van der Waals surface area contributed by atoms with Gasteiger partial charge in [0.1, 0.15) is 23.6 Å². The summed E-state index contributed by atoms with van der Waals surface area (Å²) in [4.78, 5) is 22.5. The van der Waals surface area contributed by atoms with Crippen molar-refractivity contribution in [3.05, 3.63) is 84.2 Å². The summed E-state index contributed by atoms with van der Waals surface area (Å²) in [5.41, 5.74) is 3.68. The van der Waals surface area contributed by atoms with Gasteiger partial charge in [0.2, 0.25) is 5.91 Å². The van der Waals surface area contributed by atoms with Gasteiger partial charge in [-0.15, -0.1) is 0 Å². The molecule has 1 N–H and O–H groups in total. The van der Waals surface area contributed by atoms with Crippen molar-refractivity contribution in [1.82, 2.24) is 14.9 Å². The maximum absolute atomic E-state index is 11.7. The van der Waals surface area contributed by atoms with E-state index in [1.54, 1.807) is 13.3 Å². The number of aryl methyl sites for hydroxylation is 1. The number of piperidine rings is 1. The van der Waals surface area contributed by atoms with Crippen LogP contribution >= 0.6 is 0 Å². The third kappa shape index (κ3) is 5.47. The molecule has 3 aromatic carbocycles. The zero-order valence-corrected chi connectivity index (χ0v) is 20.5. The number of likely N-dealkylation sites (tertiary alicyclic amines) is 1. The maximum atomic E-state index is 11.7. The molecule has 0 aliphatic carbocycles. The zero-order valence-electron chi connectivity index (χ0n) is 20.5. The number of carbonyl (C=O) groups is 1. The van der Waals surface area contributed by atoms with E-state index in [-0.39, 0.29) is 11.8 Å². The Hall–Kier alpha value is -4.37. The molecule has 1 amide bonds. The lowest BCUT2D eigenvalue weighted by Gasteiger charge is -2.29. The van der Waals surface area contributed by atoms with Crippen molar-refractivity contribution in [2.45, 2.75) is 26.7 Å². The molecule has 1 aromatic heterocycles. The number of nitrogens with zero attached hydrogens (tertiary/aromatic N) is 3. The van der Waals surface area contributed by atoms with Crippen molar-refractivity contribution >= 4 is 28.3 Å². The third-order valence-corrected chi connectivity index (χ3v) is 6.33. The number of ether oxygens (including phenoxy) is 1. The van der Waals surface area contributed by atoms with E-state index < -0.39 is 0 Å². The van der Waals surface area contributed by atoms with Crippen molar-refractivity contribution < 1.29 is 9.53 Å². The average Bonchev–Trinajstić information content (AvgIpc) is 2.90. The molecule has 1 fully saturated rings. The number of rotatable bonds is 4. The zero-order chi connectivity index (χ0) is 24.9. The summed E-state index contributed by atoms with van der Waals surface area (Å²) in [5, 5.41) is 4.33. The number of aromatic nitrogens is 2. The maximum Gasteiger partial charge on any atom is 0.219 e. The smallest absolute Gasteiger partial charge is 0.219 e. The van der Waals surface area contributed by atoms with E-state index >= 15 is 0 Å². The second kappa shape index (κ2) is 10.5. The first-order chi connectivity index (χ1) is 17.5. The average molecular weight is 477 g/mol. The Morgan fingerprint density at radius 3 is 2.75 bits per heavy atom. The summed E-state index contributed by atoms with van der Waals surface area (Å²) >= 11 is 0. The highest BCUT2D eigenvalue weighted by atomic mass is 16.5. The lowest BCUT2D eigenvalue weighted by Crippen LogP contribution is -2.38. The molecule has 1 unspecified atom stereocenters. The van der Waals surface area contributed by atoms with Crippen LogP contribution in [0.3, 0.4) is 0 Å². The topological polar surface area (TPSA) is 67.4 Å². The molecule has 5 rings (SSSR count). The summed E-state index contributed by atoms with van der Waals surface area (Å²) in [6.07, 6.45) is 3.57. The van der Waals surface area contributed by atoms with Gasteiger partial charge in [0.25, 0.3) is 0 Å². The van der Waals surface area contributed by atoms with Gasteiger partial charge in [0, 0.05) is 42.6 Å². The first kappa shape index (κ1) is 23.4. The van der Waals surface area contributed by atoms with Crippen LogP contribution < -0.4 is 10.1 Å². The van der Waals surface area contributed by atoms with Crippen molar-refractivity contribution in [2.24, 2.45) is 5.92 Å². The Kier molecular flexibility index (Phi) is 6.81. The molecule has 6 heteroatoms. The van der Waals surface area contributed by atoms with Crippen molar-refractivity contribution in [3.8, 4) is 23.3 Å². The predicted molar refractivity (Wildman–Crippen MR) is 142 cm³/mol. The SMILES string of the molecule is CC(=O)N1CCCC(C#Cc2ccc3ncnc(Nc4ccc(Oc5ccccc5)c(C)c4)c3c2)C1. The van der Waals surface area contributed by atoms with Gasteiger partial charge >= 0.3 is 0 Å². The highest BCUT2D eigenvalue weighted by molar-refractivity contribution is 5.91. The number of hydrogen-bond acceptors (Lipinski definition) is 5. The Bertz CT molecular complexity index is 1460. The molecule has 4 aromatic rings. The van der Waals surface area contributed by atoms with E-state index in [1.807, 2.05) is 78.6 Å². The lowest BCUT2D eigenvalue weighted by atomic mass is 9.98. The van der Waals surface area contributed by atoms with E-state index in [0.717, 1.165) is 64.4 Å². The summed E-state index contributed by atoms with van der Waals surface area (Å²) < 4.78 is 6.01. The second-order valence-corrected chi connectivity index (χ2v) is 9.05. The van der Waals surface area contributed by atoms with Gasteiger partial charge < -0.3 is 15.0 Å². The summed E-state index contributed by atoms with van der Waals surface area (Å²) in [6.45, 7) is 5.18. The normalized spacial score (nSPS) is 15.2. The third-order valence-electron chi connectivity index (χ3n) is 6.33. The highest BCUT2D eigenvalue weighted by Gasteiger charge is 2.19. The number of fused-ring (bicyclic) bond motifs is 1. The monoisotopic (exact) mass is 476 g/mol. The molecule has 1 atom stereocenters. The number of carbonyl (C=O) groups excluding carboxylic acids is 1. The molecule has 2 heterocycles. The molecule has 0 radical (unpaired) electrons. The predicted octanol–water partition coefficient (Wildman–Crippen LogP) is 6.08. The standard InChI is InChI=1S/C30H28N4O2/c1-21-17-25(13-15-29(21)36-26-8-4-3-5-9-26)33-30-27-18-23(12-14-28(27)31-20-32-30)10-11-24-7-6-16-34(19-24)22(2)35/h3-5,8-9,12-15,17-18,20,24H,6-7,16,19H2,1-2H3,(H,31,32,33). The minimum atomic E-state index is 0.120. The summed E-state index contributed by atoms with van der Waals surface area (Å²) in [5.74, 6) is 9.33. The van der Waals surface area contributed by atoms with E-state index in [9.17, 15) is 4.79 Å². The first-order valence-electron chi connectivity index (χ1n) is 12.2. The molecule has 1 aliphatic rings. The minimum absolute atomic E-state index is 0.120. The minimum Gasteiger partial charge on any atom is -0.457 e. The van der Waals surface area contributed by atoms with Gasteiger partial charge in [0.05, 0.1) is 5.52 Å². The van der Waals surface area contributed by atoms with Crippen molar-refractivity contribution in [2.75, 3.05) is 18.4 Å². The number of nitrogens with one attached hydrogen (secondary N) is 1. The molecule has 36 heavy (non-hydrogen) atoms. The second-order valence-electron chi connectivity index (χ2n) is 9.05. The van der Waals surface area contributed by atoms with Crippen LogP contribution in [0.2, 0.25) is 0 Å². The van der Waals surface area contributed by atoms with Crippen LogP contribution in [0.15, 0.2) is 73.1 Å². The van der Waals surface area contributed by atoms with Gasteiger partial charge in [-0.05, 0) is 73.9 Å². The Labute approximate surface area is 211 Å². The number of amides is 1. The fraction of sp³-hybridized carbons (Fsp3) is 0.233. The number of para-hydroxylation sites is 1. The molecule has 0 bridgehead atoms. The number of benzene rings is 3. The van der Waals surface area contributed by atoms with Gasteiger partial charge in [-0.1, -0.05) is 30.0 Å². The van der Waals surface area contributed by atoms with E-state index in [1.165, 1.54) is 0 Å². The van der Waals surface area contributed by atoms with Gasteiger partial charge in [-0.2, -0.15) is 0 Å². The van der Waals surface area contributed by atoms with Crippen molar-refractivity contribution in [3.63, 3.8) is 0 Å². The van der Waals surface area contributed by atoms with Gasteiger partial charge in [-0.3, -0.25) is 4.79 Å². The van der Waals surface area contributed by atoms with Crippen LogP contribution in [0.5, 0.6) is 11.5 Å². The van der Waals surface area contributed by atoms with Crippen molar-refractivity contribution in [1.29, 1.82) is 0 Å². The molecule has 1 saturated heterocycles.